The van der Waals surface area contributed by atoms with Gasteiger partial charge in [-0.3, -0.25) is 9.59 Å². The van der Waals surface area contributed by atoms with Gasteiger partial charge in [-0.1, -0.05) is 6.07 Å². The smallest absolute Gasteiger partial charge is 0.416 e. The molecule has 12 heteroatoms. The SMILES string of the molecule is NC(=O)C(NS(=O)(=O)CCC(=O)O)c1ccc(F)cc1C(F)(F)F. The fourth-order valence-corrected chi connectivity index (χ4v) is 2.92. The molecule has 1 atom stereocenters. The average molecular weight is 372 g/mol. The summed E-state index contributed by atoms with van der Waals surface area (Å²) in [6, 6.07) is -0.864. The second kappa shape index (κ2) is 7.13. The fourth-order valence-electron chi connectivity index (χ4n) is 1.76. The van der Waals surface area contributed by atoms with Gasteiger partial charge in [0.1, 0.15) is 11.9 Å². The summed E-state index contributed by atoms with van der Waals surface area (Å²) in [5, 5.41) is 8.44. The fraction of sp³-hybridized carbons (Fsp3) is 0.333. The lowest BCUT2D eigenvalue weighted by Gasteiger charge is -2.20. The van der Waals surface area contributed by atoms with E-state index in [1.54, 1.807) is 4.72 Å². The van der Waals surface area contributed by atoms with Crippen LogP contribution in [0.2, 0.25) is 0 Å². The lowest BCUT2D eigenvalue weighted by Crippen LogP contribution is -2.40. The molecule has 0 radical (unpaired) electrons. The number of amides is 1. The number of alkyl halides is 3. The number of sulfonamides is 1. The van der Waals surface area contributed by atoms with Crippen molar-refractivity contribution in [1.82, 2.24) is 4.72 Å². The molecule has 134 valence electrons. The third kappa shape index (κ3) is 5.45. The molecule has 0 aliphatic carbocycles. The number of benzene rings is 1. The highest BCUT2D eigenvalue weighted by Gasteiger charge is 2.38. The zero-order chi connectivity index (χ0) is 18.7. The van der Waals surface area contributed by atoms with Crippen LogP contribution in [-0.2, 0) is 25.8 Å². The molecule has 7 nitrogen and oxygen atoms in total. The average Bonchev–Trinajstić information content (AvgIpc) is 2.42. The molecule has 0 spiro atoms. The van der Waals surface area contributed by atoms with Gasteiger partial charge in [-0.2, -0.15) is 17.9 Å². The molecule has 24 heavy (non-hydrogen) atoms. The maximum atomic E-state index is 13.1. The lowest BCUT2D eigenvalue weighted by atomic mass is 10.00. The number of aliphatic carboxylic acids is 1. The van der Waals surface area contributed by atoms with Crippen molar-refractivity contribution in [2.75, 3.05) is 5.75 Å². The topological polar surface area (TPSA) is 127 Å². The Morgan fingerprint density at radius 3 is 2.33 bits per heavy atom. The van der Waals surface area contributed by atoms with Crippen LogP contribution < -0.4 is 10.5 Å². The molecule has 0 saturated carbocycles. The Kier molecular flexibility index (Phi) is 5.89. The highest BCUT2D eigenvalue weighted by atomic mass is 32.2. The first-order valence-corrected chi connectivity index (χ1v) is 7.86. The van der Waals surface area contributed by atoms with E-state index in [-0.39, 0.29) is 6.07 Å². The standard InChI is InChI=1S/C12H12F4N2O5S/c13-6-1-2-7(8(5-6)12(14,15)16)10(11(17)21)18-24(22,23)4-3-9(19)20/h1-2,5,10,18H,3-4H2,(H2,17,21)(H,19,20). The van der Waals surface area contributed by atoms with E-state index in [2.05, 4.69) is 0 Å². The van der Waals surface area contributed by atoms with Gasteiger partial charge in [0.05, 0.1) is 17.7 Å². The highest BCUT2D eigenvalue weighted by Crippen LogP contribution is 2.35. The molecule has 1 rings (SSSR count). The second-order valence-corrected chi connectivity index (χ2v) is 6.52. The quantitative estimate of drug-likeness (QED) is 0.609. The van der Waals surface area contributed by atoms with Crippen molar-refractivity contribution in [3.8, 4) is 0 Å². The third-order valence-corrected chi connectivity index (χ3v) is 4.13. The molecule has 0 saturated heterocycles. The summed E-state index contributed by atoms with van der Waals surface area (Å²) in [6.45, 7) is 0. The number of primary amides is 1. The van der Waals surface area contributed by atoms with E-state index in [9.17, 15) is 35.6 Å². The summed E-state index contributed by atoms with van der Waals surface area (Å²) >= 11 is 0. The van der Waals surface area contributed by atoms with Crippen LogP contribution in [0.25, 0.3) is 0 Å². The van der Waals surface area contributed by atoms with Crippen molar-refractivity contribution in [1.29, 1.82) is 0 Å². The number of nitrogens with two attached hydrogens (primary N) is 1. The predicted molar refractivity (Wildman–Crippen MR) is 72.5 cm³/mol. The van der Waals surface area contributed by atoms with Gasteiger partial charge in [0.15, 0.2) is 0 Å². The number of carboxylic acid groups (broad SMARTS) is 1. The molecule has 0 aromatic heterocycles. The van der Waals surface area contributed by atoms with E-state index in [4.69, 9.17) is 10.8 Å². The molecular weight excluding hydrogens is 360 g/mol. The van der Waals surface area contributed by atoms with Gasteiger partial charge >= 0.3 is 12.1 Å². The van der Waals surface area contributed by atoms with Gasteiger partial charge in [0.25, 0.3) is 0 Å². The Morgan fingerprint density at radius 2 is 1.88 bits per heavy atom. The predicted octanol–water partition coefficient (Wildman–Crippen LogP) is 0.765. The first-order valence-electron chi connectivity index (χ1n) is 6.21. The summed E-state index contributed by atoms with van der Waals surface area (Å²) in [5.41, 5.74) is 2.47. The molecule has 1 amide bonds. The van der Waals surface area contributed by atoms with E-state index in [0.29, 0.717) is 12.1 Å². The summed E-state index contributed by atoms with van der Waals surface area (Å²) in [7, 11) is -4.43. The van der Waals surface area contributed by atoms with Gasteiger partial charge < -0.3 is 10.8 Å². The van der Waals surface area contributed by atoms with Crippen LogP contribution in [-0.4, -0.2) is 31.2 Å². The van der Waals surface area contributed by atoms with Crippen LogP contribution in [0, 0.1) is 5.82 Å². The highest BCUT2D eigenvalue weighted by molar-refractivity contribution is 7.89. The maximum Gasteiger partial charge on any atom is 0.416 e. The molecule has 1 aromatic carbocycles. The Labute approximate surface area is 133 Å². The van der Waals surface area contributed by atoms with Crippen molar-refractivity contribution in [3.63, 3.8) is 0 Å². The minimum atomic E-state index is -5.07. The van der Waals surface area contributed by atoms with E-state index in [0.717, 1.165) is 0 Å². The van der Waals surface area contributed by atoms with E-state index >= 15 is 0 Å². The summed E-state index contributed by atoms with van der Waals surface area (Å²) < 4.78 is 77.0. The normalized spacial score (nSPS) is 13.5. The minimum absolute atomic E-state index is 0.0941. The molecule has 0 aliphatic rings. The second-order valence-electron chi connectivity index (χ2n) is 4.65. The molecule has 1 aromatic rings. The van der Waals surface area contributed by atoms with Crippen LogP contribution in [0.3, 0.4) is 0 Å². The summed E-state index contributed by atoms with van der Waals surface area (Å²) in [6.07, 6.45) is -5.91. The molecule has 0 bridgehead atoms. The van der Waals surface area contributed by atoms with Gasteiger partial charge in [0, 0.05) is 0 Å². The Balaban J connectivity index is 3.28. The zero-order valence-electron chi connectivity index (χ0n) is 11.8. The number of nitrogens with one attached hydrogen (secondary N) is 1. The molecular formula is C12H12F4N2O5S. The van der Waals surface area contributed by atoms with Crippen LogP contribution >= 0.6 is 0 Å². The van der Waals surface area contributed by atoms with Crippen LogP contribution in [0.15, 0.2) is 18.2 Å². The Morgan fingerprint density at radius 1 is 1.29 bits per heavy atom. The van der Waals surface area contributed by atoms with Crippen LogP contribution in [0.4, 0.5) is 17.6 Å². The first kappa shape index (κ1) is 19.8. The van der Waals surface area contributed by atoms with Crippen molar-refractivity contribution >= 4 is 21.9 Å². The Bertz CT molecular complexity index is 748. The third-order valence-electron chi connectivity index (χ3n) is 2.80. The summed E-state index contributed by atoms with van der Waals surface area (Å²) in [4.78, 5) is 21.8. The van der Waals surface area contributed by atoms with Gasteiger partial charge in [-0.15, -0.1) is 0 Å². The van der Waals surface area contributed by atoms with Crippen molar-refractivity contribution in [2.45, 2.75) is 18.6 Å². The minimum Gasteiger partial charge on any atom is -0.481 e. The number of carbonyl (C=O) groups excluding carboxylic acids is 1. The van der Waals surface area contributed by atoms with Gasteiger partial charge in [-0.25, -0.2) is 12.8 Å². The zero-order valence-corrected chi connectivity index (χ0v) is 12.6. The van der Waals surface area contributed by atoms with E-state index in [1.165, 1.54) is 0 Å². The number of hydrogen-bond acceptors (Lipinski definition) is 4. The molecule has 4 N–H and O–H groups in total. The molecule has 0 heterocycles. The van der Waals surface area contributed by atoms with Crippen molar-refractivity contribution in [3.05, 3.63) is 35.1 Å². The van der Waals surface area contributed by atoms with Gasteiger partial charge in [0.2, 0.25) is 15.9 Å². The monoisotopic (exact) mass is 372 g/mol. The largest absolute Gasteiger partial charge is 0.481 e. The summed E-state index contributed by atoms with van der Waals surface area (Å²) in [5.74, 6) is -5.16. The van der Waals surface area contributed by atoms with E-state index in [1.807, 2.05) is 0 Å². The van der Waals surface area contributed by atoms with Gasteiger partial charge in [-0.05, 0) is 17.7 Å². The molecule has 0 aliphatic heterocycles. The number of halogens is 4. The van der Waals surface area contributed by atoms with Crippen LogP contribution in [0.1, 0.15) is 23.6 Å². The first-order chi connectivity index (χ1) is 10.8. The maximum absolute atomic E-state index is 13.1. The number of hydrogen-bond donors (Lipinski definition) is 3. The number of carboxylic acids is 1. The Hall–Kier alpha value is -2.21. The number of carbonyl (C=O) groups is 2. The van der Waals surface area contributed by atoms with E-state index < -0.39 is 63.2 Å². The molecule has 0 fully saturated rings. The lowest BCUT2D eigenvalue weighted by molar-refractivity contribution is -0.139. The van der Waals surface area contributed by atoms with Crippen molar-refractivity contribution in [2.24, 2.45) is 5.73 Å². The number of rotatable bonds is 7. The molecule has 1 unspecified atom stereocenters. The van der Waals surface area contributed by atoms with Crippen LogP contribution in [0.5, 0.6) is 0 Å². The van der Waals surface area contributed by atoms with Crippen molar-refractivity contribution < 1.29 is 40.7 Å².